The minimum absolute atomic E-state index is 0.360. The summed E-state index contributed by atoms with van der Waals surface area (Å²) in [5.74, 6) is 0. The number of hydrogen-bond donors (Lipinski definition) is 0. The molecule has 1 nitrogen and oxygen atoms in total. The maximum absolute atomic E-state index is 5.61. The van der Waals surface area contributed by atoms with Crippen molar-refractivity contribution in [3.63, 3.8) is 0 Å². The maximum atomic E-state index is 5.61. The molecule has 1 atom stereocenters. The Balaban J connectivity index is 2.61. The molecule has 0 aromatic heterocycles. The second kappa shape index (κ2) is 3.61. The average Bonchev–Trinajstić information content (AvgIpc) is 1.82. The van der Waals surface area contributed by atoms with E-state index in [-0.39, 0.29) is 0 Å². The van der Waals surface area contributed by atoms with E-state index in [1.54, 1.807) is 0 Å². The van der Waals surface area contributed by atoms with E-state index in [0.717, 1.165) is 13.0 Å². The molecule has 0 aromatic rings. The van der Waals surface area contributed by atoms with Crippen molar-refractivity contribution in [2.24, 2.45) is 5.41 Å². The Labute approximate surface area is 75.8 Å². The van der Waals surface area contributed by atoms with E-state index in [0.29, 0.717) is 11.5 Å². The van der Waals surface area contributed by atoms with Crippen molar-refractivity contribution in [3.8, 4) is 0 Å². The highest BCUT2D eigenvalue weighted by molar-refractivity contribution is 5.10. The smallest absolute Gasteiger partial charge is 0.0763 e. The first-order valence-corrected chi connectivity index (χ1v) is 4.82. The molecule has 0 heterocycles. The molecule has 0 saturated heterocycles. The Morgan fingerprint density at radius 1 is 1.58 bits per heavy atom. The van der Waals surface area contributed by atoms with Crippen molar-refractivity contribution >= 4 is 0 Å². The van der Waals surface area contributed by atoms with Gasteiger partial charge in [0.1, 0.15) is 0 Å². The standard InChI is InChI=1S/C11H20O/c1-5-12-10-6-9(2)7-11(3,4)8-10/h6,10H,5,7-8H2,1-4H3. The second-order valence-electron chi connectivity index (χ2n) is 4.55. The van der Waals surface area contributed by atoms with Gasteiger partial charge in [0.25, 0.3) is 0 Å². The summed E-state index contributed by atoms with van der Waals surface area (Å²) in [6, 6.07) is 0. The Morgan fingerprint density at radius 3 is 2.75 bits per heavy atom. The molecule has 1 heteroatoms. The molecule has 0 radical (unpaired) electrons. The van der Waals surface area contributed by atoms with Crippen LogP contribution in [0.5, 0.6) is 0 Å². The van der Waals surface area contributed by atoms with Crippen LogP contribution in [-0.4, -0.2) is 12.7 Å². The summed E-state index contributed by atoms with van der Waals surface area (Å²) in [6.07, 6.45) is 5.02. The molecule has 0 fully saturated rings. The molecule has 1 rings (SSSR count). The van der Waals surface area contributed by atoms with E-state index in [1.165, 1.54) is 12.0 Å². The van der Waals surface area contributed by atoms with Crippen LogP contribution in [0.1, 0.15) is 40.5 Å². The highest BCUT2D eigenvalue weighted by Crippen LogP contribution is 2.35. The van der Waals surface area contributed by atoms with Crippen molar-refractivity contribution in [1.29, 1.82) is 0 Å². The lowest BCUT2D eigenvalue weighted by atomic mass is 9.76. The van der Waals surface area contributed by atoms with Crippen molar-refractivity contribution in [2.45, 2.75) is 46.6 Å². The van der Waals surface area contributed by atoms with Crippen LogP contribution in [0, 0.1) is 5.41 Å². The van der Waals surface area contributed by atoms with Gasteiger partial charge in [-0.05, 0) is 32.1 Å². The van der Waals surface area contributed by atoms with Crippen LogP contribution in [0.4, 0.5) is 0 Å². The second-order valence-corrected chi connectivity index (χ2v) is 4.55. The molecule has 0 amide bonds. The van der Waals surface area contributed by atoms with Gasteiger partial charge in [-0.1, -0.05) is 25.5 Å². The summed E-state index contributed by atoms with van der Waals surface area (Å²) in [5, 5.41) is 0. The number of allylic oxidation sites excluding steroid dienone is 1. The molecule has 0 spiro atoms. The predicted molar refractivity (Wildman–Crippen MR) is 52.2 cm³/mol. The van der Waals surface area contributed by atoms with E-state index in [1.807, 2.05) is 0 Å². The van der Waals surface area contributed by atoms with E-state index >= 15 is 0 Å². The Bertz CT molecular complexity index is 179. The summed E-state index contributed by atoms with van der Waals surface area (Å²) >= 11 is 0. The van der Waals surface area contributed by atoms with Crippen LogP contribution in [-0.2, 0) is 4.74 Å². The zero-order valence-electron chi connectivity index (χ0n) is 8.68. The van der Waals surface area contributed by atoms with E-state index in [2.05, 4.69) is 33.8 Å². The van der Waals surface area contributed by atoms with Gasteiger partial charge < -0.3 is 4.74 Å². The fraction of sp³-hybridized carbons (Fsp3) is 0.818. The molecule has 1 unspecified atom stereocenters. The summed E-state index contributed by atoms with van der Waals surface area (Å²) in [7, 11) is 0. The Hall–Kier alpha value is -0.300. The molecule has 0 N–H and O–H groups in total. The Morgan fingerprint density at radius 2 is 2.25 bits per heavy atom. The zero-order chi connectivity index (χ0) is 9.19. The third-order valence-corrected chi connectivity index (χ3v) is 2.36. The lowest BCUT2D eigenvalue weighted by Gasteiger charge is -2.33. The molecule has 0 saturated carbocycles. The van der Waals surface area contributed by atoms with Gasteiger partial charge in [-0.2, -0.15) is 0 Å². The molecule has 70 valence electrons. The molecular weight excluding hydrogens is 148 g/mol. The van der Waals surface area contributed by atoms with Gasteiger partial charge in [0.15, 0.2) is 0 Å². The number of hydrogen-bond acceptors (Lipinski definition) is 1. The largest absolute Gasteiger partial charge is 0.374 e. The van der Waals surface area contributed by atoms with Gasteiger partial charge in [0, 0.05) is 6.61 Å². The van der Waals surface area contributed by atoms with Crippen molar-refractivity contribution in [2.75, 3.05) is 6.61 Å². The average molecular weight is 168 g/mol. The van der Waals surface area contributed by atoms with Crippen LogP contribution in [0.25, 0.3) is 0 Å². The third-order valence-electron chi connectivity index (χ3n) is 2.36. The third kappa shape index (κ3) is 2.63. The molecule has 0 bridgehead atoms. The molecule has 12 heavy (non-hydrogen) atoms. The fourth-order valence-electron chi connectivity index (χ4n) is 2.13. The molecule has 1 aliphatic rings. The van der Waals surface area contributed by atoms with E-state index in [4.69, 9.17) is 4.74 Å². The minimum Gasteiger partial charge on any atom is -0.374 e. The summed E-state index contributed by atoms with van der Waals surface area (Å²) in [5.41, 5.74) is 1.91. The topological polar surface area (TPSA) is 9.23 Å². The zero-order valence-corrected chi connectivity index (χ0v) is 8.68. The summed E-state index contributed by atoms with van der Waals surface area (Å²) in [4.78, 5) is 0. The van der Waals surface area contributed by atoms with Crippen LogP contribution in [0.3, 0.4) is 0 Å². The van der Waals surface area contributed by atoms with Gasteiger partial charge in [-0.25, -0.2) is 0 Å². The van der Waals surface area contributed by atoms with E-state index < -0.39 is 0 Å². The summed E-state index contributed by atoms with van der Waals surface area (Å²) in [6.45, 7) is 9.72. The van der Waals surface area contributed by atoms with Crippen LogP contribution in [0.15, 0.2) is 11.6 Å². The monoisotopic (exact) mass is 168 g/mol. The molecular formula is C11H20O. The molecule has 1 aliphatic carbocycles. The minimum atomic E-state index is 0.360. The van der Waals surface area contributed by atoms with Gasteiger partial charge in [0.05, 0.1) is 6.10 Å². The quantitative estimate of drug-likeness (QED) is 0.575. The van der Waals surface area contributed by atoms with Gasteiger partial charge in [-0.15, -0.1) is 0 Å². The number of ether oxygens (including phenoxy) is 1. The van der Waals surface area contributed by atoms with Gasteiger partial charge in [0.2, 0.25) is 0 Å². The predicted octanol–water partition coefficient (Wildman–Crippen LogP) is 3.16. The summed E-state index contributed by atoms with van der Waals surface area (Å²) < 4.78 is 5.61. The first-order chi connectivity index (χ1) is 5.53. The van der Waals surface area contributed by atoms with Crippen molar-refractivity contribution in [1.82, 2.24) is 0 Å². The Kier molecular flexibility index (Phi) is 2.94. The number of rotatable bonds is 2. The SMILES string of the molecule is CCOC1C=C(C)CC(C)(C)C1. The van der Waals surface area contributed by atoms with Gasteiger partial charge >= 0.3 is 0 Å². The first kappa shape index (κ1) is 9.79. The van der Waals surface area contributed by atoms with E-state index in [9.17, 15) is 0 Å². The first-order valence-electron chi connectivity index (χ1n) is 4.82. The lowest BCUT2D eigenvalue weighted by Crippen LogP contribution is -2.26. The molecule has 0 aromatic carbocycles. The fourth-order valence-corrected chi connectivity index (χ4v) is 2.13. The van der Waals surface area contributed by atoms with Crippen LogP contribution >= 0.6 is 0 Å². The van der Waals surface area contributed by atoms with Gasteiger partial charge in [-0.3, -0.25) is 0 Å². The lowest BCUT2D eigenvalue weighted by molar-refractivity contribution is 0.0540. The van der Waals surface area contributed by atoms with Crippen LogP contribution in [0.2, 0.25) is 0 Å². The van der Waals surface area contributed by atoms with Crippen molar-refractivity contribution < 1.29 is 4.74 Å². The molecule has 0 aliphatic heterocycles. The normalized spacial score (nSPS) is 28.3. The van der Waals surface area contributed by atoms with Crippen LogP contribution < -0.4 is 0 Å². The highest BCUT2D eigenvalue weighted by atomic mass is 16.5. The maximum Gasteiger partial charge on any atom is 0.0763 e. The highest BCUT2D eigenvalue weighted by Gasteiger charge is 2.27. The van der Waals surface area contributed by atoms with Crippen molar-refractivity contribution in [3.05, 3.63) is 11.6 Å².